The first kappa shape index (κ1) is 13.7. The predicted molar refractivity (Wildman–Crippen MR) is 79.4 cm³/mol. The van der Waals surface area contributed by atoms with Gasteiger partial charge in [0.2, 0.25) is 0 Å². The largest absolute Gasteiger partial charge is 0.447 e. The quantitative estimate of drug-likeness (QED) is 0.889. The molecule has 1 aromatic carbocycles. The van der Waals surface area contributed by atoms with E-state index in [1.165, 1.54) is 24.9 Å². The number of amides is 2. The van der Waals surface area contributed by atoms with Crippen molar-refractivity contribution in [1.82, 2.24) is 5.32 Å². The third kappa shape index (κ3) is 3.26. The van der Waals surface area contributed by atoms with Crippen LogP contribution in [-0.4, -0.2) is 37.7 Å². The summed E-state index contributed by atoms with van der Waals surface area (Å²) in [7, 11) is 0. The van der Waals surface area contributed by atoms with Crippen LogP contribution < -0.4 is 15.5 Å². The minimum atomic E-state index is -0.612. The third-order valence-electron chi connectivity index (χ3n) is 3.85. The van der Waals surface area contributed by atoms with Crippen molar-refractivity contribution < 1.29 is 14.3 Å². The molecule has 2 N–H and O–H groups in total. The Labute approximate surface area is 123 Å². The van der Waals surface area contributed by atoms with Crippen LogP contribution in [0.2, 0.25) is 0 Å². The molecular formula is C15H19N3O3. The summed E-state index contributed by atoms with van der Waals surface area (Å²) in [6, 6.07) is 7.20. The fraction of sp³-hybridized carbons (Fsp3) is 0.467. The number of cyclic esters (lactones) is 1. The second kappa shape index (κ2) is 6.03. The van der Waals surface area contributed by atoms with Gasteiger partial charge in [-0.15, -0.1) is 0 Å². The molecule has 0 radical (unpaired) electrons. The molecule has 2 heterocycles. The second-order valence-electron chi connectivity index (χ2n) is 5.38. The number of alkyl carbamates (subject to hydrolysis) is 1. The van der Waals surface area contributed by atoms with Crippen molar-refractivity contribution in [3.05, 3.63) is 24.3 Å². The number of ether oxygens (including phenoxy) is 1. The Morgan fingerprint density at radius 3 is 2.52 bits per heavy atom. The van der Waals surface area contributed by atoms with Crippen LogP contribution in [0.5, 0.6) is 0 Å². The fourth-order valence-electron chi connectivity index (χ4n) is 2.66. The average Bonchev–Trinajstić information content (AvgIpc) is 2.96. The van der Waals surface area contributed by atoms with Crippen molar-refractivity contribution in [2.75, 3.05) is 29.9 Å². The van der Waals surface area contributed by atoms with E-state index in [1.807, 2.05) is 24.3 Å². The molecule has 0 aliphatic carbocycles. The minimum absolute atomic E-state index is 0.0799. The number of carbonyl (C=O) groups excluding carboxylic acids is 2. The average molecular weight is 289 g/mol. The zero-order valence-electron chi connectivity index (χ0n) is 11.8. The molecule has 112 valence electrons. The highest BCUT2D eigenvalue weighted by molar-refractivity contribution is 5.97. The second-order valence-corrected chi connectivity index (χ2v) is 5.38. The molecule has 2 saturated heterocycles. The number of rotatable bonds is 3. The summed E-state index contributed by atoms with van der Waals surface area (Å²) in [5.41, 5.74) is 1.91. The Balaban J connectivity index is 1.59. The Bertz CT molecular complexity index is 523. The Morgan fingerprint density at radius 2 is 1.90 bits per heavy atom. The smallest absolute Gasteiger partial charge is 0.407 e. The molecule has 6 heteroatoms. The zero-order valence-corrected chi connectivity index (χ0v) is 11.8. The molecule has 2 aliphatic rings. The van der Waals surface area contributed by atoms with E-state index in [-0.39, 0.29) is 12.5 Å². The van der Waals surface area contributed by atoms with E-state index in [2.05, 4.69) is 15.5 Å². The summed E-state index contributed by atoms with van der Waals surface area (Å²) in [4.78, 5) is 25.2. The number of nitrogens with zero attached hydrogens (tertiary/aromatic N) is 1. The molecule has 0 saturated carbocycles. The summed E-state index contributed by atoms with van der Waals surface area (Å²) in [6.45, 7) is 2.27. The standard InChI is InChI=1S/C15H19N3O3/c19-14(13-10-21-15(20)17-13)16-11-4-6-12(7-5-11)18-8-2-1-3-9-18/h4-7,13H,1-3,8-10H2,(H,16,19)(H,17,20). The lowest BCUT2D eigenvalue weighted by Crippen LogP contribution is -2.38. The molecule has 3 rings (SSSR count). The normalized spacial score (nSPS) is 21.6. The van der Waals surface area contributed by atoms with E-state index >= 15 is 0 Å². The number of anilines is 2. The number of nitrogens with one attached hydrogen (secondary N) is 2. The third-order valence-corrected chi connectivity index (χ3v) is 3.85. The highest BCUT2D eigenvalue weighted by atomic mass is 16.6. The summed E-state index contributed by atoms with van der Waals surface area (Å²) in [6.07, 6.45) is 3.23. The lowest BCUT2D eigenvalue weighted by molar-refractivity contribution is -0.117. The van der Waals surface area contributed by atoms with Gasteiger partial charge in [-0.25, -0.2) is 4.79 Å². The molecule has 1 unspecified atom stereocenters. The Morgan fingerprint density at radius 1 is 1.19 bits per heavy atom. The Kier molecular flexibility index (Phi) is 3.94. The molecule has 0 aromatic heterocycles. The summed E-state index contributed by atoms with van der Waals surface area (Å²) < 4.78 is 4.71. The molecule has 2 aliphatic heterocycles. The molecule has 21 heavy (non-hydrogen) atoms. The van der Waals surface area contributed by atoms with Crippen molar-refractivity contribution in [3.8, 4) is 0 Å². The number of hydrogen-bond acceptors (Lipinski definition) is 4. The van der Waals surface area contributed by atoms with Crippen molar-refractivity contribution in [2.24, 2.45) is 0 Å². The van der Waals surface area contributed by atoms with Crippen LogP contribution >= 0.6 is 0 Å². The predicted octanol–water partition coefficient (Wildman–Crippen LogP) is 1.72. The lowest BCUT2D eigenvalue weighted by Gasteiger charge is -2.28. The van der Waals surface area contributed by atoms with E-state index < -0.39 is 12.1 Å². The van der Waals surface area contributed by atoms with Gasteiger partial charge in [-0.3, -0.25) is 4.79 Å². The van der Waals surface area contributed by atoms with Gasteiger partial charge in [0.15, 0.2) is 0 Å². The number of piperidine rings is 1. The first-order valence-corrected chi connectivity index (χ1v) is 7.31. The highest BCUT2D eigenvalue weighted by Crippen LogP contribution is 2.21. The number of hydrogen-bond donors (Lipinski definition) is 2. The topological polar surface area (TPSA) is 70.7 Å². The minimum Gasteiger partial charge on any atom is -0.447 e. The van der Waals surface area contributed by atoms with Crippen LogP contribution in [0.3, 0.4) is 0 Å². The molecule has 0 spiro atoms. The van der Waals surface area contributed by atoms with E-state index in [4.69, 9.17) is 4.74 Å². The molecule has 0 bridgehead atoms. The van der Waals surface area contributed by atoms with Crippen LogP contribution in [0, 0.1) is 0 Å². The molecule has 1 atom stereocenters. The number of benzene rings is 1. The maximum absolute atomic E-state index is 11.9. The van der Waals surface area contributed by atoms with E-state index in [0.29, 0.717) is 0 Å². The summed E-state index contributed by atoms with van der Waals surface area (Å²) in [5, 5.41) is 5.24. The molecule has 2 amide bonds. The van der Waals surface area contributed by atoms with Crippen LogP contribution in [0.25, 0.3) is 0 Å². The molecule has 2 fully saturated rings. The van der Waals surface area contributed by atoms with Gasteiger partial charge in [0.25, 0.3) is 5.91 Å². The zero-order chi connectivity index (χ0) is 14.7. The first-order chi connectivity index (χ1) is 10.2. The van der Waals surface area contributed by atoms with Gasteiger partial charge < -0.3 is 20.3 Å². The number of carbonyl (C=O) groups is 2. The SMILES string of the molecule is O=C1NC(C(=O)Nc2ccc(N3CCCCC3)cc2)CO1. The van der Waals surface area contributed by atoms with Crippen molar-refractivity contribution in [2.45, 2.75) is 25.3 Å². The Hall–Kier alpha value is -2.24. The maximum atomic E-state index is 11.9. The first-order valence-electron chi connectivity index (χ1n) is 7.31. The fourth-order valence-corrected chi connectivity index (χ4v) is 2.66. The van der Waals surface area contributed by atoms with E-state index in [1.54, 1.807) is 0 Å². The molecular weight excluding hydrogens is 270 g/mol. The summed E-state index contributed by atoms with van der Waals surface area (Å²) in [5.74, 6) is -0.258. The van der Waals surface area contributed by atoms with Crippen LogP contribution in [0.15, 0.2) is 24.3 Å². The van der Waals surface area contributed by atoms with Gasteiger partial charge in [0.1, 0.15) is 12.6 Å². The van der Waals surface area contributed by atoms with Crippen molar-refractivity contribution >= 4 is 23.4 Å². The van der Waals surface area contributed by atoms with Gasteiger partial charge in [-0.1, -0.05) is 0 Å². The molecule has 6 nitrogen and oxygen atoms in total. The molecule has 1 aromatic rings. The highest BCUT2D eigenvalue weighted by Gasteiger charge is 2.28. The van der Waals surface area contributed by atoms with Gasteiger partial charge in [-0.05, 0) is 43.5 Å². The van der Waals surface area contributed by atoms with Gasteiger partial charge in [0, 0.05) is 24.5 Å². The summed E-state index contributed by atoms with van der Waals surface area (Å²) >= 11 is 0. The van der Waals surface area contributed by atoms with Crippen LogP contribution in [-0.2, 0) is 9.53 Å². The monoisotopic (exact) mass is 289 g/mol. The maximum Gasteiger partial charge on any atom is 0.407 e. The van der Waals surface area contributed by atoms with Crippen molar-refractivity contribution in [1.29, 1.82) is 0 Å². The van der Waals surface area contributed by atoms with Crippen LogP contribution in [0.1, 0.15) is 19.3 Å². The van der Waals surface area contributed by atoms with E-state index in [0.717, 1.165) is 18.8 Å². The van der Waals surface area contributed by atoms with Crippen LogP contribution in [0.4, 0.5) is 16.2 Å². The van der Waals surface area contributed by atoms with Crippen molar-refractivity contribution in [3.63, 3.8) is 0 Å². The lowest BCUT2D eigenvalue weighted by atomic mass is 10.1. The van der Waals surface area contributed by atoms with Gasteiger partial charge in [0.05, 0.1) is 0 Å². The van der Waals surface area contributed by atoms with Gasteiger partial charge >= 0.3 is 6.09 Å². The van der Waals surface area contributed by atoms with E-state index in [9.17, 15) is 9.59 Å². The van der Waals surface area contributed by atoms with Gasteiger partial charge in [-0.2, -0.15) is 0 Å².